The van der Waals surface area contributed by atoms with Crippen LogP contribution in [0.5, 0.6) is 0 Å². The van der Waals surface area contributed by atoms with Gasteiger partial charge in [-0.1, -0.05) is 18.2 Å². The molecule has 0 saturated carbocycles. The highest BCUT2D eigenvalue weighted by Crippen LogP contribution is 2.30. The van der Waals surface area contributed by atoms with E-state index < -0.39 is 6.03 Å². The maximum Gasteiger partial charge on any atom is 0.321 e. The molecule has 0 aliphatic carbocycles. The predicted octanol–water partition coefficient (Wildman–Crippen LogP) is 1.99. The molecule has 2 rings (SSSR count). The van der Waals surface area contributed by atoms with Crippen molar-refractivity contribution in [2.24, 2.45) is 0 Å². The number of carbonyl (C=O) groups excluding carboxylic acids is 2. The van der Waals surface area contributed by atoms with Crippen LogP contribution in [0.2, 0.25) is 0 Å². The second-order valence-corrected chi connectivity index (χ2v) is 6.05. The fourth-order valence-electron chi connectivity index (χ4n) is 2.82. The van der Waals surface area contributed by atoms with Gasteiger partial charge in [0, 0.05) is 19.2 Å². The smallest absolute Gasteiger partial charge is 0.321 e. The molecule has 1 aliphatic rings. The van der Waals surface area contributed by atoms with E-state index >= 15 is 0 Å². The summed E-state index contributed by atoms with van der Waals surface area (Å²) in [4.78, 5) is 25.3. The first-order valence-corrected chi connectivity index (χ1v) is 8.25. The third-order valence-corrected chi connectivity index (χ3v) is 4.17. The standard InChI is InChI=1S/C18H24FN3O3/c1-3-9-20-18(24)21-17(23)12-22(2)15-8-10-25-16(11-15)13-4-6-14(19)7-5-13/h3-7,15-16H,1,8-12H2,2H3,(H2,20,21,23,24)/t15-,16-/m0/s1. The fraction of sp³-hybridized carbons (Fsp3) is 0.444. The molecule has 1 fully saturated rings. The zero-order valence-corrected chi connectivity index (χ0v) is 14.3. The molecular weight excluding hydrogens is 325 g/mol. The van der Waals surface area contributed by atoms with Crippen LogP contribution in [0.4, 0.5) is 9.18 Å². The third kappa shape index (κ3) is 5.95. The molecule has 0 aromatic heterocycles. The zero-order chi connectivity index (χ0) is 18.2. The Kier molecular flexibility index (Phi) is 7.09. The van der Waals surface area contributed by atoms with Gasteiger partial charge in [0.2, 0.25) is 5.91 Å². The van der Waals surface area contributed by atoms with Crippen molar-refractivity contribution < 1.29 is 18.7 Å². The summed E-state index contributed by atoms with van der Waals surface area (Å²) in [5.74, 6) is -0.645. The molecule has 0 spiro atoms. The molecule has 0 radical (unpaired) electrons. The molecule has 6 nitrogen and oxygen atoms in total. The van der Waals surface area contributed by atoms with E-state index in [4.69, 9.17) is 4.74 Å². The van der Waals surface area contributed by atoms with Gasteiger partial charge in [0.1, 0.15) is 5.82 Å². The van der Waals surface area contributed by atoms with Crippen LogP contribution in [0.25, 0.3) is 0 Å². The van der Waals surface area contributed by atoms with Crippen LogP contribution >= 0.6 is 0 Å². The average molecular weight is 349 g/mol. The van der Waals surface area contributed by atoms with E-state index in [1.54, 1.807) is 12.1 Å². The minimum absolute atomic E-state index is 0.113. The summed E-state index contributed by atoms with van der Waals surface area (Å²) in [5, 5.41) is 4.77. The number of ether oxygens (including phenoxy) is 1. The van der Waals surface area contributed by atoms with Crippen molar-refractivity contribution in [2.45, 2.75) is 25.0 Å². The van der Waals surface area contributed by atoms with Crippen LogP contribution in [-0.2, 0) is 9.53 Å². The number of benzene rings is 1. The molecular formula is C18H24FN3O3. The number of hydrogen-bond donors (Lipinski definition) is 2. The van der Waals surface area contributed by atoms with Gasteiger partial charge in [0.05, 0.1) is 12.6 Å². The van der Waals surface area contributed by atoms with Crippen molar-refractivity contribution in [3.05, 3.63) is 48.3 Å². The van der Waals surface area contributed by atoms with E-state index in [0.717, 1.165) is 12.0 Å². The van der Waals surface area contributed by atoms with Gasteiger partial charge in [-0.2, -0.15) is 0 Å². The molecule has 1 saturated heterocycles. The molecule has 136 valence electrons. The lowest BCUT2D eigenvalue weighted by Crippen LogP contribution is -2.47. The number of nitrogens with zero attached hydrogens (tertiary/aromatic N) is 1. The van der Waals surface area contributed by atoms with Gasteiger partial charge < -0.3 is 10.1 Å². The second kappa shape index (κ2) is 9.29. The molecule has 0 bridgehead atoms. The van der Waals surface area contributed by atoms with E-state index in [0.29, 0.717) is 19.6 Å². The van der Waals surface area contributed by atoms with Gasteiger partial charge in [0.25, 0.3) is 0 Å². The Bertz CT molecular complexity index is 606. The number of carbonyl (C=O) groups is 2. The van der Waals surface area contributed by atoms with Gasteiger partial charge in [-0.05, 0) is 37.6 Å². The Morgan fingerprint density at radius 2 is 2.12 bits per heavy atom. The summed E-state index contributed by atoms with van der Waals surface area (Å²) in [6, 6.07) is 5.89. The van der Waals surface area contributed by atoms with Gasteiger partial charge in [0.15, 0.2) is 0 Å². The third-order valence-electron chi connectivity index (χ3n) is 4.17. The number of hydrogen-bond acceptors (Lipinski definition) is 4. The van der Waals surface area contributed by atoms with Crippen molar-refractivity contribution in [1.29, 1.82) is 0 Å². The lowest BCUT2D eigenvalue weighted by molar-refractivity contribution is -0.122. The number of amides is 3. The molecule has 1 aromatic rings. The second-order valence-electron chi connectivity index (χ2n) is 6.05. The first-order chi connectivity index (χ1) is 12.0. The molecule has 0 unspecified atom stereocenters. The average Bonchev–Trinajstić information content (AvgIpc) is 2.60. The van der Waals surface area contributed by atoms with Crippen LogP contribution in [0.1, 0.15) is 24.5 Å². The molecule has 1 heterocycles. The lowest BCUT2D eigenvalue weighted by atomic mass is 9.96. The largest absolute Gasteiger partial charge is 0.373 e. The van der Waals surface area contributed by atoms with E-state index in [1.165, 1.54) is 18.2 Å². The Morgan fingerprint density at radius 1 is 1.40 bits per heavy atom. The van der Waals surface area contributed by atoms with Crippen molar-refractivity contribution in [3.63, 3.8) is 0 Å². The number of urea groups is 1. The Balaban J connectivity index is 1.85. The maximum atomic E-state index is 13.1. The van der Waals surface area contributed by atoms with E-state index in [9.17, 15) is 14.0 Å². The number of nitrogens with one attached hydrogen (secondary N) is 2. The molecule has 7 heteroatoms. The summed E-state index contributed by atoms with van der Waals surface area (Å²) in [7, 11) is 1.85. The Hall–Kier alpha value is -2.25. The van der Waals surface area contributed by atoms with E-state index in [1.807, 2.05) is 11.9 Å². The minimum atomic E-state index is -0.533. The minimum Gasteiger partial charge on any atom is -0.373 e. The first kappa shape index (κ1) is 19.1. The molecule has 3 amide bonds. The van der Waals surface area contributed by atoms with Gasteiger partial charge >= 0.3 is 6.03 Å². The topological polar surface area (TPSA) is 70.7 Å². The number of likely N-dealkylation sites (N-methyl/N-ethyl adjacent to an activating group) is 1. The van der Waals surface area contributed by atoms with Crippen molar-refractivity contribution in [3.8, 4) is 0 Å². The van der Waals surface area contributed by atoms with Crippen LogP contribution in [-0.4, -0.2) is 49.6 Å². The molecule has 2 atom stereocenters. The molecule has 25 heavy (non-hydrogen) atoms. The number of rotatable bonds is 6. The quantitative estimate of drug-likeness (QED) is 0.771. The van der Waals surface area contributed by atoms with Crippen molar-refractivity contribution >= 4 is 11.9 Å². The summed E-state index contributed by atoms with van der Waals surface area (Å²) in [6.45, 7) is 4.47. The van der Waals surface area contributed by atoms with E-state index in [-0.39, 0.29) is 30.4 Å². The molecule has 2 N–H and O–H groups in total. The van der Waals surface area contributed by atoms with Crippen LogP contribution in [0.3, 0.4) is 0 Å². The van der Waals surface area contributed by atoms with Crippen LogP contribution in [0.15, 0.2) is 36.9 Å². The van der Waals surface area contributed by atoms with Gasteiger partial charge in [-0.15, -0.1) is 6.58 Å². The number of imide groups is 1. The van der Waals surface area contributed by atoms with Crippen molar-refractivity contribution in [1.82, 2.24) is 15.5 Å². The summed E-state index contributed by atoms with van der Waals surface area (Å²) >= 11 is 0. The lowest BCUT2D eigenvalue weighted by Gasteiger charge is -2.35. The summed E-state index contributed by atoms with van der Waals surface area (Å²) in [6.07, 6.45) is 2.91. The normalized spacial score (nSPS) is 20.1. The first-order valence-electron chi connectivity index (χ1n) is 8.25. The predicted molar refractivity (Wildman–Crippen MR) is 92.5 cm³/mol. The highest BCUT2D eigenvalue weighted by molar-refractivity contribution is 5.95. The fourth-order valence-corrected chi connectivity index (χ4v) is 2.82. The monoisotopic (exact) mass is 349 g/mol. The van der Waals surface area contributed by atoms with Crippen molar-refractivity contribution in [2.75, 3.05) is 26.7 Å². The summed E-state index contributed by atoms with van der Waals surface area (Å²) in [5.41, 5.74) is 0.924. The van der Waals surface area contributed by atoms with Gasteiger partial charge in [-0.25, -0.2) is 9.18 Å². The highest BCUT2D eigenvalue weighted by Gasteiger charge is 2.27. The summed E-state index contributed by atoms with van der Waals surface area (Å²) < 4.78 is 18.8. The van der Waals surface area contributed by atoms with Crippen LogP contribution in [0, 0.1) is 5.82 Å². The Morgan fingerprint density at radius 3 is 2.80 bits per heavy atom. The maximum absolute atomic E-state index is 13.1. The highest BCUT2D eigenvalue weighted by atomic mass is 19.1. The molecule has 1 aliphatic heterocycles. The number of halogens is 1. The SMILES string of the molecule is C=CCNC(=O)NC(=O)CN(C)[C@H]1CCO[C@H](c2ccc(F)cc2)C1. The van der Waals surface area contributed by atoms with Crippen LogP contribution < -0.4 is 10.6 Å². The zero-order valence-electron chi connectivity index (χ0n) is 14.3. The van der Waals surface area contributed by atoms with Gasteiger partial charge in [-0.3, -0.25) is 15.0 Å². The Labute approximate surface area is 147 Å². The van der Waals surface area contributed by atoms with E-state index in [2.05, 4.69) is 17.2 Å². The molecule has 1 aromatic carbocycles.